The minimum atomic E-state index is 0.618. The quantitative estimate of drug-likeness (QED) is 0.800. The molecule has 0 radical (unpaired) electrons. The molecule has 1 aliphatic heterocycles. The second kappa shape index (κ2) is 9.01. The smallest absolute Gasteiger partial charge is 0.161 e. The van der Waals surface area contributed by atoms with Gasteiger partial charge in [-0.1, -0.05) is 13.0 Å². The highest BCUT2D eigenvalue weighted by molar-refractivity contribution is 5.43. The maximum Gasteiger partial charge on any atom is 0.161 e. The average molecular weight is 306 g/mol. The molecule has 0 saturated carbocycles. The Labute approximate surface area is 134 Å². The lowest BCUT2D eigenvalue weighted by Crippen LogP contribution is -2.43. The molecule has 2 rings (SSSR count). The van der Waals surface area contributed by atoms with Crippen molar-refractivity contribution in [1.82, 2.24) is 10.2 Å². The van der Waals surface area contributed by atoms with Crippen LogP contribution in [0.1, 0.15) is 38.7 Å². The summed E-state index contributed by atoms with van der Waals surface area (Å²) in [6.07, 6.45) is 3.55. The number of benzene rings is 1. The molecule has 1 atom stereocenters. The van der Waals surface area contributed by atoms with Crippen LogP contribution < -0.4 is 14.8 Å². The first-order chi connectivity index (χ1) is 10.8. The molecule has 1 heterocycles. The van der Waals surface area contributed by atoms with E-state index in [0.29, 0.717) is 12.6 Å². The minimum absolute atomic E-state index is 0.618. The van der Waals surface area contributed by atoms with E-state index in [0.717, 1.165) is 37.6 Å². The topological polar surface area (TPSA) is 33.7 Å². The van der Waals surface area contributed by atoms with Gasteiger partial charge in [0.15, 0.2) is 11.5 Å². The summed E-state index contributed by atoms with van der Waals surface area (Å²) in [4.78, 5) is 2.52. The summed E-state index contributed by atoms with van der Waals surface area (Å²) in [5.41, 5.74) is 1.30. The Hall–Kier alpha value is -1.26. The highest BCUT2D eigenvalue weighted by Crippen LogP contribution is 2.29. The van der Waals surface area contributed by atoms with Crippen molar-refractivity contribution in [2.24, 2.45) is 0 Å². The monoisotopic (exact) mass is 306 g/mol. The third-order valence-corrected chi connectivity index (χ3v) is 4.09. The first-order valence-electron chi connectivity index (χ1n) is 8.55. The van der Waals surface area contributed by atoms with E-state index in [-0.39, 0.29) is 0 Å². The fourth-order valence-corrected chi connectivity index (χ4v) is 2.94. The SMILES string of the molecule is CCCOc1ccc(CN2CCCC(NC)C2)cc1OCC. The predicted molar refractivity (Wildman–Crippen MR) is 90.8 cm³/mol. The van der Waals surface area contributed by atoms with Crippen LogP contribution in [0, 0.1) is 0 Å². The first-order valence-corrected chi connectivity index (χ1v) is 8.55. The molecular weight excluding hydrogens is 276 g/mol. The Bertz CT molecular complexity index is 451. The molecule has 1 fully saturated rings. The summed E-state index contributed by atoms with van der Waals surface area (Å²) in [7, 11) is 2.06. The van der Waals surface area contributed by atoms with E-state index >= 15 is 0 Å². The van der Waals surface area contributed by atoms with Crippen molar-refractivity contribution in [3.8, 4) is 11.5 Å². The van der Waals surface area contributed by atoms with Gasteiger partial charge in [-0.2, -0.15) is 0 Å². The van der Waals surface area contributed by atoms with Crippen LogP contribution in [-0.4, -0.2) is 44.3 Å². The molecule has 0 aliphatic carbocycles. The Morgan fingerprint density at radius 1 is 1.23 bits per heavy atom. The van der Waals surface area contributed by atoms with Gasteiger partial charge in [-0.15, -0.1) is 0 Å². The van der Waals surface area contributed by atoms with Crippen LogP contribution in [0.3, 0.4) is 0 Å². The van der Waals surface area contributed by atoms with Gasteiger partial charge in [0.25, 0.3) is 0 Å². The number of hydrogen-bond acceptors (Lipinski definition) is 4. The maximum absolute atomic E-state index is 5.77. The molecule has 4 nitrogen and oxygen atoms in total. The van der Waals surface area contributed by atoms with Crippen molar-refractivity contribution in [1.29, 1.82) is 0 Å². The minimum Gasteiger partial charge on any atom is -0.490 e. The molecule has 1 aliphatic rings. The molecule has 1 saturated heterocycles. The molecule has 1 unspecified atom stereocenters. The van der Waals surface area contributed by atoms with Crippen molar-refractivity contribution in [2.75, 3.05) is 33.4 Å². The molecule has 124 valence electrons. The van der Waals surface area contributed by atoms with Crippen LogP contribution in [-0.2, 0) is 6.54 Å². The Kier molecular flexibility index (Phi) is 7.00. The summed E-state index contributed by atoms with van der Waals surface area (Å²) >= 11 is 0. The molecular formula is C18H30N2O2. The lowest BCUT2D eigenvalue weighted by atomic mass is 10.0. The van der Waals surface area contributed by atoms with Crippen molar-refractivity contribution in [3.63, 3.8) is 0 Å². The summed E-state index contributed by atoms with van der Waals surface area (Å²) in [6, 6.07) is 6.97. The summed E-state index contributed by atoms with van der Waals surface area (Å²) in [5.74, 6) is 1.73. The van der Waals surface area contributed by atoms with Gasteiger partial charge < -0.3 is 14.8 Å². The molecule has 1 aromatic carbocycles. The van der Waals surface area contributed by atoms with Gasteiger partial charge in [0.05, 0.1) is 13.2 Å². The molecule has 22 heavy (non-hydrogen) atoms. The Morgan fingerprint density at radius 2 is 2.09 bits per heavy atom. The predicted octanol–water partition coefficient (Wildman–Crippen LogP) is 3.06. The number of likely N-dealkylation sites (N-methyl/N-ethyl adjacent to an activating group) is 1. The lowest BCUT2D eigenvalue weighted by molar-refractivity contribution is 0.187. The van der Waals surface area contributed by atoms with Gasteiger partial charge in [-0.3, -0.25) is 4.90 Å². The number of nitrogens with one attached hydrogen (secondary N) is 1. The zero-order valence-corrected chi connectivity index (χ0v) is 14.2. The number of ether oxygens (including phenoxy) is 2. The standard InChI is InChI=1S/C18H30N2O2/c1-4-11-22-17-9-8-15(12-18(17)21-5-2)13-20-10-6-7-16(14-20)19-3/h8-9,12,16,19H,4-7,10-11,13-14H2,1-3H3. The zero-order valence-electron chi connectivity index (χ0n) is 14.2. The number of likely N-dealkylation sites (tertiary alicyclic amines) is 1. The second-order valence-corrected chi connectivity index (χ2v) is 5.93. The number of piperidine rings is 1. The number of hydrogen-bond donors (Lipinski definition) is 1. The van der Waals surface area contributed by atoms with Gasteiger partial charge in [0.2, 0.25) is 0 Å². The largest absolute Gasteiger partial charge is 0.490 e. The van der Waals surface area contributed by atoms with Gasteiger partial charge in [-0.25, -0.2) is 0 Å². The van der Waals surface area contributed by atoms with Crippen LogP contribution in [0.15, 0.2) is 18.2 Å². The van der Waals surface area contributed by atoms with Crippen LogP contribution in [0.25, 0.3) is 0 Å². The van der Waals surface area contributed by atoms with Crippen molar-refractivity contribution < 1.29 is 9.47 Å². The van der Waals surface area contributed by atoms with E-state index in [1.54, 1.807) is 0 Å². The third kappa shape index (κ3) is 4.89. The fraction of sp³-hybridized carbons (Fsp3) is 0.667. The third-order valence-electron chi connectivity index (χ3n) is 4.09. The van der Waals surface area contributed by atoms with Crippen LogP contribution in [0.5, 0.6) is 11.5 Å². The van der Waals surface area contributed by atoms with Gasteiger partial charge in [0.1, 0.15) is 0 Å². The molecule has 0 spiro atoms. The Morgan fingerprint density at radius 3 is 2.82 bits per heavy atom. The maximum atomic E-state index is 5.77. The molecule has 4 heteroatoms. The van der Waals surface area contributed by atoms with Crippen molar-refractivity contribution in [2.45, 2.75) is 45.7 Å². The summed E-state index contributed by atoms with van der Waals surface area (Å²) in [5, 5.41) is 3.40. The van der Waals surface area contributed by atoms with E-state index in [4.69, 9.17) is 9.47 Å². The summed E-state index contributed by atoms with van der Waals surface area (Å²) in [6.45, 7) is 8.80. The lowest BCUT2D eigenvalue weighted by Gasteiger charge is -2.32. The average Bonchev–Trinajstić information content (AvgIpc) is 2.54. The first kappa shape index (κ1) is 17.1. The molecule has 1 N–H and O–H groups in total. The Balaban J connectivity index is 2.02. The van der Waals surface area contributed by atoms with E-state index in [1.165, 1.54) is 24.9 Å². The van der Waals surface area contributed by atoms with Crippen molar-refractivity contribution >= 4 is 0 Å². The summed E-state index contributed by atoms with van der Waals surface area (Å²) < 4.78 is 11.5. The van der Waals surface area contributed by atoms with Gasteiger partial charge in [0, 0.05) is 19.1 Å². The second-order valence-electron chi connectivity index (χ2n) is 5.93. The van der Waals surface area contributed by atoms with Crippen LogP contribution in [0.4, 0.5) is 0 Å². The van der Waals surface area contributed by atoms with E-state index in [1.807, 2.05) is 6.92 Å². The van der Waals surface area contributed by atoms with E-state index in [2.05, 4.69) is 42.4 Å². The number of nitrogens with zero attached hydrogens (tertiary/aromatic N) is 1. The molecule has 0 aromatic heterocycles. The van der Waals surface area contributed by atoms with E-state index < -0.39 is 0 Å². The van der Waals surface area contributed by atoms with Crippen LogP contribution >= 0.6 is 0 Å². The molecule has 1 aromatic rings. The fourth-order valence-electron chi connectivity index (χ4n) is 2.94. The van der Waals surface area contributed by atoms with Crippen LogP contribution in [0.2, 0.25) is 0 Å². The van der Waals surface area contributed by atoms with E-state index in [9.17, 15) is 0 Å². The highest BCUT2D eigenvalue weighted by atomic mass is 16.5. The number of rotatable bonds is 8. The highest BCUT2D eigenvalue weighted by Gasteiger charge is 2.18. The normalized spacial score (nSPS) is 19.1. The molecule has 0 bridgehead atoms. The van der Waals surface area contributed by atoms with Gasteiger partial charge in [-0.05, 0) is 57.5 Å². The van der Waals surface area contributed by atoms with Gasteiger partial charge >= 0.3 is 0 Å². The molecule has 0 amide bonds. The zero-order chi connectivity index (χ0) is 15.8. The van der Waals surface area contributed by atoms with Crippen molar-refractivity contribution in [3.05, 3.63) is 23.8 Å².